The van der Waals surface area contributed by atoms with Gasteiger partial charge in [-0.05, 0) is 121 Å². The number of hydrogen-bond donors (Lipinski definition) is 0. The summed E-state index contributed by atoms with van der Waals surface area (Å²) in [6.07, 6.45) is 0. The normalized spacial score (nSPS) is 11.7. The summed E-state index contributed by atoms with van der Waals surface area (Å²) in [6, 6.07) is 72.3. The van der Waals surface area contributed by atoms with Crippen LogP contribution in [0.3, 0.4) is 0 Å². The summed E-state index contributed by atoms with van der Waals surface area (Å²) in [7, 11) is 0. The highest BCUT2D eigenvalue weighted by atomic mass is 16.3. The van der Waals surface area contributed by atoms with Crippen molar-refractivity contribution in [3.63, 3.8) is 0 Å². The molecule has 1 aromatic heterocycles. The molecule has 10 aromatic carbocycles. The predicted octanol–water partition coefficient (Wildman–Crippen LogP) is 15.0. The Morgan fingerprint density at radius 3 is 1.74 bits per heavy atom. The molecule has 0 radical (unpaired) electrons. The van der Waals surface area contributed by atoms with Crippen molar-refractivity contribution in [2.45, 2.75) is 0 Å². The summed E-state index contributed by atoms with van der Waals surface area (Å²) >= 11 is 0. The van der Waals surface area contributed by atoms with Gasteiger partial charge in [0.25, 0.3) is 0 Å². The Balaban J connectivity index is 1.10. The van der Waals surface area contributed by atoms with Crippen LogP contribution in [-0.2, 0) is 0 Å². The highest BCUT2D eigenvalue weighted by Gasteiger charge is 2.20. The smallest absolute Gasteiger partial charge is 0.143 e. The summed E-state index contributed by atoms with van der Waals surface area (Å²) < 4.78 is 6.81. The van der Waals surface area contributed by atoms with Gasteiger partial charge in [-0.3, -0.25) is 0 Å². The van der Waals surface area contributed by atoms with Gasteiger partial charge in [0.05, 0.1) is 0 Å². The highest BCUT2D eigenvalue weighted by molar-refractivity contribution is 6.22. The minimum atomic E-state index is 0.872. The fourth-order valence-electron chi connectivity index (χ4n) is 8.33. The molecule has 0 atom stereocenters. The Morgan fingerprint density at radius 2 is 0.907 bits per heavy atom. The number of hydrogen-bond acceptors (Lipinski definition) is 2. The lowest BCUT2D eigenvalue weighted by Crippen LogP contribution is -2.09. The average Bonchev–Trinajstić information content (AvgIpc) is 3.63. The van der Waals surface area contributed by atoms with Crippen molar-refractivity contribution in [2.75, 3.05) is 4.90 Å². The van der Waals surface area contributed by atoms with Crippen molar-refractivity contribution < 1.29 is 4.42 Å². The second-order valence-electron chi connectivity index (χ2n) is 14.1. The molecule has 0 aliphatic rings. The third-order valence-corrected chi connectivity index (χ3v) is 11.0. The van der Waals surface area contributed by atoms with Crippen LogP contribution in [0.5, 0.6) is 0 Å². The zero-order valence-electron chi connectivity index (χ0n) is 29.4. The van der Waals surface area contributed by atoms with Crippen LogP contribution < -0.4 is 4.90 Å². The Morgan fingerprint density at radius 1 is 0.315 bits per heavy atom. The molecule has 0 N–H and O–H groups in total. The Bertz CT molecular complexity index is 3210. The molecule has 0 aliphatic heterocycles. The first-order chi connectivity index (χ1) is 26.7. The van der Waals surface area contributed by atoms with Gasteiger partial charge in [-0.1, -0.05) is 140 Å². The van der Waals surface area contributed by atoms with Gasteiger partial charge in [0.2, 0.25) is 0 Å². The number of furan rings is 1. The second kappa shape index (κ2) is 12.2. The van der Waals surface area contributed by atoms with E-state index in [1.165, 1.54) is 54.6 Å². The summed E-state index contributed by atoms with van der Waals surface area (Å²) in [5, 5.41) is 12.0. The molecule has 0 unspecified atom stereocenters. The van der Waals surface area contributed by atoms with Crippen LogP contribution in [0.25, 0.3) is 87.3 Å². The van der Waals surface area contributed by atoms with Crippen molar-refractivity contribution in [1.82, 2.24) is 0 Å². The fraction of sp³-hybridized carbons (Fsp3) is 0. The quantitative estimate of drug-likeness (QED) is 0.168. The van der Waals surface area contributed by atoms with E-state index in [1.807, 2.05) is 0 Å². The summed E-state index contributed by atoms with van der Waals surface area (Å²) in [6.45, 7) is 0. The molecule has 0 aliphatic carbocycles. The largest absolute Gasteiger partial charge is 0.455 e. The maximum absolute atomic E-state index is 6.81. The summed E-state index contributed by atoms with van der Waals surface area (Å²) in [4.78, 5) is 2.34. The van der Waals surface area contributed by atoms with Crippen molar-refractivity contribution >= 4 is 82.1 Å². The second-order valence-corrected chi connectivity index (χ2v) is 14.1. The van der Waals surface area contributed by atoms with Gasteiger partial charge >= 0.3 is 0 Å². The number of fused-ring (bicyclic) bond motifs is 9. The van der Waals surface area contributed by atoms with Crippen LogP contribution in [0.4, 0.5) is 17.1 Å². The molecule has 2 nitrogen and oxygen atoms in total. The van der Waals surface area contributed by atoms with Gasteiger partial charge < -0.3 is 9.32 Å². The fourth-order valence-corrected chi connectivity index (χ4v) is 8.33. The van der Waals surface area contributed by atoms with Crippen LogP contribution in [-0.4, -0.2) is 0 Å². The first-order valence-electron chi connectivity index (χ1n) is 18.5. The van der Waals surface area contributed by atoms with E-state index in [0.29, 0.717) is 0 Å². The number of anilines is 3. The first kappa shape index (κ1) is 30.5. The van der Waals surface area contributed by atoms with Crippen LogP contribution in [0.15, 0.2) is 205 Å². The first-order valence-corrected chi connectivity index (χ1v) is 18.5. The van der Waals surface area contributed by atoms with E-state index in [0.717, 1.165) is 49.8 Å². The lowest BCUT2D eigenvalue weighted by molar-refractivity contribution is 0.673. The lowest BCUT2D eigenvalue weighted by Gasteiger charge is -2.25. The van der Waals surface area contributed by atoms with Crippen LogP contribution >= 0.6 is 0 Å². The molecular formula is C52H33NO. The molecular weight excluding hydrogens is 655 g/mol. The standard InChI is InChI=1S/C52H33NO/c1-2-14-42(15-3-1)53(43-26-24-35(25-27-43)39-22-18-34-10-4-5-12-38(34)30-39)44-28-29-50-49(33-44)51-48(32-40-13-7-9-17-46(40)52(51)54-50)41-23-21-37-20-19-36-11-6-8-16-45(36)47(37)31-41/h1-33H. The highest BCUT2D eigenvalue weighted by Crippen LogP contribution is 2.45. The average molecular weight is 688 g/mol. The van der Waals surface area contributed by atoms with E-state index in [4.69, 9.17) is 4.42 Å². The number of benzene rings is 10. The van der Waals surface area contributed by atoms with E-state index in [9.17, 15) is 0 Å². The molecule has 11 rings (SSSR count). The maximum atomic E-state index is 6.81. The van der Waals surface area contributed by atoms with Gasteiger partial charge in [-0.25, -0.2) is 0 Å². The van der Waals surface area contributed by atoms with Crippen molar-refractivity contribution in [2.24, 2.45) is 0 Å². The molecule has 252 valence electrons. The third kappa shape index (κ3) is 4.96. The summed E-state index contributed by atoms with van der Waals surface area (Å²) in [5.41, 5.74) is 9.77. The topological polar surface area (TPSA) is 16.4 Å². The van der Waals surface area contributed by atoms with Gasteiger partial charge in [-0.2, -0.15) is 0 Å². The van der Waals surface area contributed by atoms with Gasteiger partial charge in [0, 0.05) is 33.2 Å². The molecule has 54 heavy (non-hydrogen) atoms. The molecule has 11 aromatic rings. The SMILES string of the molecule is c1ccc(N(c2ccc(-c3ccc4ccccc4c3)cc2)c2ccc3oc4c5ccccc5cc(-c5ccc6ccc7ccccc7c6c5)c4c3c2)cc1. The minimum absolute atomic E-state index is 0.872. The Kier molecular flexibility index (Phi) is 6.90. The van der Waals surface area contributed by atoms with Crippen LogP contribution in [0.1, 0.15) is 0 Å². The molecule has 0 spiro atoms. The van der Waals surface area contributed by atoms with Crippen molar-refractivity contribution in [3.05, 3.63) is 200 Å². The van der Waals surface area contributed by atoms with E-state index in [-0.39, 0.29) is 0 Å². The molecule has 0 saturated carbocycles. The molecule has 1 heterocycles. The van der Waals surface area contributed by atoms with Crippen LogP contribution in [0.2, 0.25) is 0 Å². The van der Waals surface area contributed by atoms with E-state index in [1.54, 1.807) is 0 Å². The molecule has 0 saturated heterocycles. The predicted molar refractivity (Wildman–Crippen MR) is 229 cm³/mol. The van der Waals surface area contributed by atoms with E-state index >= 15 is 0 Å². The molecule has 0 fully saturated rings. The van der Waals surface area contributed by atoms with E-state index in [2.05, 4.69) is 205 Å². The Hall–Kier alpha value is -7.16. The van der Waals surface area contributed by atoms with Gasteiger partial charge in [0.15, 0.2) is 0 Å². The number of rotatable bonds is 5. The number of nitrogens with zero attached hydrogens (tertiary/aromatic N) is 1. The Labute approximate surface area is 312 Å². The monoisotopic (exact) mass is 687 g/mol. The molecule has 2 heteroatoms. The maximum Gasteiger partial charge on any atom is 0.143 e. The zero-order valence-corrected chi connectivity index (χ0v) is 29.4. The van der Waals surface area contributed by atoms with E-state index < -0.39 is 0 Å². The summed E-state index contributed by atoms with van der Waals surface area (Å²) in [5.74, 6) is 0. The lowest BCUT2D eigenvalue weighted by atomic mass is 9.92. The van der Waals surface area contributed by atoms with Crippen molar-refractivity contribution in [1.29, 1.82) is 0 Å². The van der Waals surface area contributed by atoms with Gasteiger partial charge in [0.1, 0.15) is 11.2 Å². The molecule has 0 amide bonds. The third-order valence-electron chi connectivity index (χ3n) is 11.0. The van der Waals surface area contributed by atoms with Crippen molar-refractivity contribution in [3.8, 4) is 22.3 Å². The van der Waals surface area contributed by atoms with Crippen LogP contribution in [0, 0.1) is 0 Å². The van der Waals surface area contributed by atoms with Gasteiger partial charge in [-0.15, -0.1) is 0 Å². The molecule has 0 bridgehead atoms. The minimum Gasteiger partial charge on any atom is -0.455 e. The zero-order chi connectivity index (χ0) is 35.6. The number of para-hydroxylation sites is 1.